The van der Waals surface area contributed by atoms with E-state index in [9.17, 15) is 9.59 Å². The summed E-state index contributed by atoms with van der Waals surface area (Å²) in [6.45, 7) is 12.1. The first kappa shape index (κ1) is 28.9. The Kier molecular flexibility index (Phi) is 9.49. The van der Waals surface area contributed by atoms with Crippen molar-refractivity contribution in [3.8, 4) is 0 Å². The Morgan fingerprint density at radius 3 is 2.41 bits per heavy atom. The zero-order valence-electron chi connectivity index (χ0n) is 23.9. The van der Waals surface area contributed by atoms with Crippen LogP contribution in [0.3, 0.4) is 0 Å². The van der Waals surface area contributed by atoms with E-state index >= 15 is 0 Å². The largest absolute Gasteiger partial charge is 0.355 e. The Bertz CT molecular complexity index is 1200. The molecule has 0 radical (unpaired) electrons. The van der Waals surface area contributed by atoms with Crippen molar-refractivity contribution in [2.45, 2.75) is 59.4 Å². The molecule has 2 amide bonds. The van der Waals surface area contributed by atoms with Crippen molar-refractivity contribution in [1.29, 1.82) is 0 Å². The van der Waals surface area contributed by atoms with Crippen molar-refractivity contribution in [3.63, 3.8) is 0 Å². The summed E-state index contributed by atoms with van der Waals surface area (Å²) in [6.07, 6.45) is 5.60. The normalized spacial score (nSPS) is 20.3. The minimum Gasteiger partial charge on any atom is -0.355 e. The second-order valence-electron chi connectivity index (χ2n) is 10.7. The van der Waals surface area contributed by atoms with Crippen LogP contribution in [-0.4, -0.2) is 79.3 Å². The van der Waals surface area contributed by atoms with Crippen molar-refractivity contribution < 1.29 is 9.59 Å². The Balaban J connectivity index is 1.92. The lowest BCUT2D eigenvalue weighted by Gasteiger charge is -2.41. The molecule has 2 aliphatic heterocycles. The van der Waals surface area contributed by atoms with E-state index < -0.39 is 0 Å². The molecule has 1 aromatic carbocycles. The number of nitrogens with zero attached hydrogens (tertiary/aromatic N) is 6. The van der Waals surface area contributed by atoms with Gasteiger partial charge in [0.15, 0.2) is 5.82 Å². The second kappa shape index (κ2) is 12.8. The third-order valence-corrected chi connectivity index (χ3v) is 8.24. The van der Waals surface area contributed by atoms with Crippen molar-refractivity contribution in [2.24, 2.45) is 10.9 Å². The van der Waals surface area contributed by atoms with Gasteiger partial charge in [0.25, 0.3) is 0 Å². The molecule has 2 atom stereocenters. The van der Waals surface area contributed by atoms with Gasteiger partial charge in [0.2, 0.25) is 12.8 Å². The zero-order valence-corrected chi connectivity index (χ0v) is 24.6. The van der Waals surface area contributed by atoms with Gasteiger partial charge in [0.1, 0.15) is 11.7 Å². The molecule has 2 aliphatic rings. The lowest BCUT2D eigenvalue weighted by atomic mass is 10.00. The van der Waals surface area contributed by atoms with Gasteiger partial charge < -0.3 is 14.7 Å². The number of pyridine rings is 1. The molecule has 39 heavy (non-hydrogen) atoms. The van der Waals surface area contributed by atoms with Crippen LogP contribution in [0.15, 0.2) is 29.3 Å². The fourth-order valence-electron chi connectivity index (χ4n) is 5.95. The van der Waals surface area contributed by atoms with Gasteiger partial charge >= 0.3 is 0 Å². The Morgan fingerprint density at radius 2 is 1.85 bits per heavy atom. The number of rotatable bonds is 8. The number of hydrogen-bond acceptors (Lipinski definition) is 5. The second-order valence-corrected chi connectivity index (χ2v) is 11.1. The fourth-order valence-corrected chi connectivity index (χ4v) is 6.23. The maximum absolute atomic E-state index is 13.0. The molecule has 0 bridgehead atoms. The van der Waals surface area contributed by atoms with E-state index in [4.69, 9.17) is 21.6 Å². The van der Waals surface area contributed by atoms with E-state index in [-0.39, 0.29) is 6.04 Å². The zero-order chi connectivity index (χ0) is 28.1. The van der Waals surface area contributed by atoms with Crippen LogP contribution in [0.25, 0.3) is 0 Å². The molecule has 2 aromatic rings. The van der Waals surface area contributed by atoms with E-state index in [1.54, 1.807) is 16.8 Å². The lowest BCUT2D eigenvalue weighted by Crippen LogP contribution is -2.54. The number of amides is 2. The first-order chi connectivity index (χ1) is 18.9. The third-order valence-electron chi connectivity index (χ3n) is 7.97. The summed E-state index contributed by atoms with van der Waals surface area (Å²) in [4.78, 5) is 42.2. The monoisotopic (exact) mass is 552 g/mol. The summed E-state index contributed by atoms with van der Waals surface area (Å²) in [5.41, 5.74) is 3.75. The molecule has 0 spiro atoms. The predicted molar refractivity (Wildman–Crippen MR) is 160 cm³/mol. The molecule has 210 valence electrons. The molecule has 2 fully saturated rings. The van der Waals surface area contributed by atoms with E-state index in [0.29, 0.717) is 47.8 Å². The van der Waals surface area contributed by atoms with Crippen molar-refractivity contribution >= 4 is 47.6 Å². The Labute approximate surface area is 237 Å². The van der Waals surface area contributed by atoms with Gasteiger partial charge in [-0.3, -0.25) is 19.5 Å². The number of aryl methyl sites for hydroxylation is 2. The summed E-state index contributed by atoms with van der Waals surface area (Å²) < 4.78 is 0. The molecule has 0 N–H and O–H groups in total. The van der Waals surface area contributed by atoms with E-state index in [1.165, 1.54) is 6.42 Å². The van der Waals surface area contributed by atoms with Gasteiger partial charge in [0, 0.05) is 45.8 Å². The van der Waals surface area contributed by atoms with Crippen LogP contribution >= 0.6 is 11.6 Å². The Hall–Kier alpha value is -3.13. The first-order valence-electron chi connectivity index (χ1n) is 14.1. The van der Waals surface area contributed by atoms with Crippen LogP contribution in [0.5, 0.6) is 0 Å². The van der Waals surface area contributed by atoms with Crippen molar-refractivity contribution in [3.05, 3.63) is 46.0 Å². The van der Waals surface area contributed by atoms with Crippen LogP contribution in [-0.2, 0) is 22.4 Å². The highest BCUT2D eigenvalue weighted by Crippen LogP contribution is 2.38. The molecule has 4 rings (SSSR count). The molecule has 8 nitrogen and oxygen atoms in total. The summed E-state index contributed by atoms with van der Waals surface area (Å²) in [6, 6.07) is 8.16. The standard InChI is InChI=1S/C30H41ClN6O2/c1-6-23-11-8-12-24(7-2)27(23)37(20-39)29-25(28(32-5)36-15-14-34(19-38)18-22(36)4)16-26(31)30(33-29)35-13-9-10-21(3)17-35/h8,11-12,16,19-22H,6-7,9-10,13-15,17-18H2,1-5H3. The first-order valence-corrected chi connectivity index (χ1v) is 14.5. The number of carbonyl (C=O) groups is 2. The van der Waals surface area contributed by atoms with Gasteiger partial charge in [-0.25, -0.2) is 4.98 Å². The number of amidine groups is 1. The van der Waals surface area contributed by atoms with Gasteiger partial charge in [-0.1, -0.05) is 50.6 Å². The maximum atomic E-state index is 13.0. The van der Waals surface area contributed by atoms with E-state index in [0.717, 1.165) is 67.8 Å². The predicted octanol–water partition coefficient (Wildman–Crippen LogP) is 4.93. The molecule has 3 heterocycles. The molecule has 2 unspecified atom stereocenters. The number of carbonyl (C=O) groups excluding carboxylic acids is 2. The summed E-state index contributed by atoms with van der Waals surface area (Å²) in [7, 11) is 1.76. The number of aliphatic imine (C=N–C) groups is 1. The number of hydrogen-bond donors (Lipinski definition) is 0. The molecular formula is C30H41ClN6O2. The number of benzene rings is 1. The Morgan fingerprint density at radius 1 is 1.13 bits per heavy atom. The number of para-hydroxylation sites is 1. The maximum Gasteiger partial charge on any atom is 0.219 e. The van der Waals surface area contributed by atoms with E-state index in [1.807, 2.05) is 12.1 Å². The van der Waals surface area contributed by atoms with Gasteiger partial charge in [-0.2, -0.15) is 0 Å². The van der Waals surface area contributed by atoms with Crippen LogP contribution in [0.4, 0.5) is 17.3 Å². The SMILES string of the molecule is CCc1cccc(CC)c1N(C=O)c1nc(N2CCCC(C)C2)c(Cl)cc1C(=NC)N1CCN(C=O)CC1C. The van der Waals surface area contributed by atoms with Crippen LogP contribution in [0, 0.1) is 5.92 Å². The summed E-state index contributed by atoms with van der Waals surface area (Å²) >= 11 is 6.98. The molecule has 9 heteroatoms. The minimum absolute atomic E-state index is 0.0377. The minimum atomic E-state index is 0.0377. The molecular weight excluding hydrogens is 512 g/mol. The van der Waals surface area contributed by atoms with Crippen molar-refractivity contribution in [2.75, 3.05) is 49.6 Å². The number of aromatic nitrogens is 1. The van der Waals surface area contributed by atoms with Crippen LogP contribution in [0.2, 0.25) is 5.02 Å². The molecule has 1 aromatic heterocycles. The average Bonchev–Trinajstić information content (AvgIpc) is 2.95. The van der Waals surface area contributed by atoms with Gasteiger partial charge in [-0.05, 0) is 55.7 Å². The smallest absolute Gasteiger partial charge is 0.219 e. The number of piperazine rings is 1. The van der Waals surface area contributed by atoms with Crippen molar-refractivity contribution in [1.82, 2.24) is 14.8 Å². The summed E-state index contributed by atoms with van der Waals surface area (Å²) in [5, 5.41) is 0.550. The van der Waals surface area contributed by atoms with E-state index in [2.05, 4.69) is 49.6 Å². The quantitative estimate of drug-likeness (QED) is 0.264. The highest BCUT2D eigenvalue weighted by molar-refractivity contribution is 6.33. The van der Waals surface area contributed by atoms with Crippen LogP contribution < -0.4 is 9.80 Å². The number of anilines is 3. The van der Waals surface area contributed by atoms with Gasteiger partial charge in [-0.15, -0.1) is 0 Å². The fraction of sp³-hybridized carbons (Fsp3) is 0.533. The van der Waals surface area contributed by atoms with Gasteiger partial charge in [0.05, 0.1) is 16.3 Å². The molecule has 0 aliphatic carbocycles. The third kappa shape index (κ3) is 5.91. The molecule has 2 saturated heterocycles. The number of halogens is 1. The summed E-state index contributed by atoms with van der Waals surface area (Å²) in [5.74, 6) is 2.49. The molecule has 0 saturated carbocycles. The van der Waals surface area contributed by atoms with Crippen LogP contribution in [0.1, 0.15) is 57.2 Å². The topological polar surface area (TPSA) is 72.4 Å². The average molecular weight is 553 g/mol. The number of piperidine rings is 1. The lowest BCUT2D eigenvalue weighted by molar-refractivity contribution is -0.120. The highest BCUT2D eigenvalue weighted by atomic mass is 35.5. The highest BCUT2D eigenvalue weighted by Gasteiger charge is 2.32.